The van der Waals surface area contributed by atoms with Gasteiger partial charge in [0, 0.05) is 7.05 Å². The largest absolute Gasteiger partial charge is 0.322 e. The van der Waals surface area contributed by atoms with Crippen LogP contribution in [0.4, 0.5) is 11.4 Å². The zero-order chi connectivity index (χ0) is 8.10. The first-order valence-corrected chi connectivity index (χ1v) is 3.23. The molecule has 11 heavy (non-hydrogen) atoms. The number of hydrazine groups is 1. The number of nitroso groups, excluding NO2 is 1. The van der Waals surface area contributed by atoms with E-state index in [2.05, 4.69) is 16.0 Å². The fraction of sp³-hybridized carbons (Fsp3) is 0.143. The maximum Gasteiger partial charge on any atom is 0.110 e. The minimum atomic E-state index is 0.422. The molecule has 0 aliphatic carbocycles. The smallest absolute Gasteiger partial charge is 0.110 e. The normalized spacial score (nSPS) is 9.18. The number of hydrogen-bond donors (Lipinski definition) is 2. The summed E-state index contributed by atoms with van der Waals surface area (Å²) in [7, 11) is 1.75. The van der Waals surface area contributed by atoms with Crippen LogP contribution in [0.15, 0.2) is 29.4 Å². The number of benzene rings is 1. The summed E-state index contributed by atoms with van der Waals surface area (Å²) in [5.41, 5.74) is 6.82. The van der Waals surface area contributed by atoms with E-state index in [1.54, 1.807) is 25.2 Å². The van der Waals surface area contributed by atoms with Gasteiger partial charge in [0.25, 0.3) is 0 Å². The minimum absolute atomic E-state index is 0.422. The van der Waals surface area contributed by atoms with E-state index in [0.717, 1.165) is 5.69 Å². The molecule has 0 fully saturated rings. The lowest BCUT2D eigenvalue weighted by atomic mass is 10.3. The Morgan fingerprint density at radius 3 is 2.91 bits per heavy atom. The van der Waals surface area contributed by atoms with Gasteiger partial charge in [-0.2, -0.15) is 0 Å². The van der Waals surface area contributed by atoms with Gasteiger partial charge in [0.05, 0.1) is 5.69 Å². The van der Waals surface area contributed by atoms with Gasteiger partial charge >= 0.3 is 0 Å². The van der Waals surface area contributed by atoms with Crippen molar-refractivity contribution in [3.05, 3.63) is 29.2 Å². The van der Waals surface area contributed by atoms with E-state index in [9.17, 15) is 4.91 Å². The predicted molar refractivity (Wildman–Crippen MR) is 44.6 cm³/mol. The van der Waals surface area contributed by atoms with Gasteiger partial charge in [-0.25, -0.2) is 5.43 Å². The first kappa shape index (κ1) is 7.68. The quantitative estimate of drug-likeness (QED) is 0.510. The number of anilines is 1. The second-order valence-corrected chi connectivity index (χ2v) is 2.02. The van der Waals surface area contributed by atoms with Gasteiger partial charge in [-0.15, -0.1) is 4.91 Å². The van der Waals surface area contributed by atoms with E-state index < -0.39 is 0 Å². The Morgan fingerprint density at radius 1 is 1.45 bits per heavy atom. The molecule has 1 aromatic carbocycles. The number of nitrogens with zero attached hydrogens (tertiary/aromatic N) is 1. The fourth-order valence-corrected chi connectivity index (χ4v) is 0.785. The summed E-state index contributed by atoms with van der Waals surface area (Å²) < 4.78 is 0. The molecule has 0 atom stereocenters. The van der Waals surface area contributed by atoms with Crippen LogP contribution in [0.1, 0.15) is 0 Å². The van der Waals surface area contributed by atoms with Crippen LogP contribution in [0, 0.1) is 4.91 Å². The molecule has 0 saturated heterocycles. The third-order valence-electron chi connectivity index (χ3n) is 1.22. The SMILES string of the molecule is CNNc1cccc(N=O)c1. The highest BCUT2D eigenvalue weighted by Gasteiger charge is 1.91. The van der Waals surface area contributed by atoms with Crippen molar-refractivity contribution in [2.75, 3.05) is 12.5 Å². The van der Waals surface area contributed by atoms with Crippen molar-refractivity contribution in [3.8, 4) is 0 Å². The lowest BCUT2D eigenvalue weighted by Gasteiger charge is -2.02. The van der Waals surface area contributed by atoms with Gasteiger partial charge in [0.1, 0.15) is 5.69 Å². The molecular weight excluding hydrogens is 142 g/mol. The van der Waals surface area contributed by atoms with Gasteiger partial charge in [0.2, 0.25) is 0 Å². The summed E-state index contributed by atoms with van der Waals surface area (Å²) in [5, 5.41) is 2.80. The molecule has 0 bridgehead atoms. The van der Waals surface area contributed by atoms with E-state index in [-0.39, 0.29) is 0 Å². The maximum absolute atomic E-state index is 10.1. The summed E-state index contributed by atoms with van der Waals surface area (Å²) >= 11 is 0. The predicted octanol–water partition coefficient (Wildman–Crippen LogP) is 1.63. The third kappa shape index (κ3) is 2.01. The summed E-state index contributed by atoms with van der Waals surface area (Å²) in [6.07, 6.45) is 0. The van der Waals surface area contributed by atoms with Crippen LogP contribution < -0.4 is 10.9 Å². The molecule has 4 nitrogen and oxygen atoms in total. The maximum atomic E-state index is 10.1. The molecule has 0 saturated carbocycles. The number of rotatable bonds is 3. The Hall–Kier alpha value is -1.42. The highest BCUT2D eigenvalue weighted by atomic mass is 16.3. The molecule has 1 rings (SSSR count). The van der Waals surface area contributed by atoms with Crippen molar-refractivity contribution in [3.63, 3.8) is 0 Å². The van der Waals surface area contributed by atoms with Crippen LogP contribution >= 0.6 is 0 Å². The molecule has 0 aliphatic rings. The molecule has 2 N–H and O–H groups in total. The second-order valence-electron chi connectivity index (χ2n) is 2.02. The summed E-state index contributed by atoms with van der Waals surface area (Å²) in [6.45, 7) is 0. The Kier molecular flexibility index (Phi) is 2.57. The van der Waals surface area contributed by atoms with Crippen molar-refractivity contribution in [1.82, 2.24) is 5.43 Å². The summed E-state index contributed by atoms with van der Waals surface area (Å²) in [4.78, 5) is 10.1. The van der Waals surface area contributed by atoms with Crippen LogP contribution in [-0.4, -0.2) is 7.05 Å². The van der Waals surface area contributed by atoms with Crippen LogP contribution in [0.25, 0.3) is 0 Å². The highest BCUT2D eigenvalue weighted by molar-refractivity contribution is 5.52. The minimum Gasteiger partial charge on any atom is -0.322 e. The molecular formula is C7H9N3O. The van der Waals surface area contributed by atoms with E-state index in [0.29, 0.717) is 5.69 Å². The zero-order valence-corrected chi connectivity index (χ0v) is 6.16. The monoisotopic (exact) mass is 151 g/mol. The van der Waals surface area contributed by atoms with Crippen molar-refractivity contribution in [2.24, 2.45) is 5.18 Å². The van der Waals surface area contributed by atoms with Crippen LogP contribution in [0.5, 0.6) is 0 Å². The van der Waals surface area contributed by atoms with Gasteiger partial charge < -0.3 is 5.43 Å². The molecule has 58 valence electrons. The molecule has 0 aliphatic heterocycles. The van der Waals surface area contributed by atoms with Crippen molar-refractivity contribution in [1.29, 1.82) is 0 Å². The number of hydrogen-bond acceptors (Lipinski definition) is 4. The van der Waals surface area contributed by atoms with Crippen LogP contribution in [0.3, 0.4) is 0 Å². The van der Waals surface area contributed by atoms with Gasteiger partial charge in [-0.3, -0.25) is 0 Å². The molecule has 4 heteroatoms. The Bertz CT molecular complexity index is 249. The third-order valence-corrected chi connectivity index (χ3v) is 1.22. The molecule has 0 aromatic heterocycles. The standard InChI is InChI=1S/C7H9N3O/c1-8-9-6-3-2-4-7(5-6)10-11/h2-5,8-9H,1H3. The van der Waals surface area contributed by atoms with Gasteiger partial charge in [-0.1, -0.05) is 6.07 Å². The average Bonchev–Trinajstić information content (AvgIpc) is 2.06. The first-order chi connectivity index (χ1) is 5.36. The molecule has 1 aromatic rings. The van der Waals surface area contributed by atoms with E-state index in [1.807, 2.05) is 6.07 Å². The summed E-state index contributed by atoms with van der Waals surface area (Å²) in [5.74, 6) is 0. The molecule has 0 radical (unpaired) electrons. The van der Waals surface area contributed by atoms with E-state index >= 15 is 0 Å². The van der Waals surface area contributed by atoms with Gasteiger partial charge in [-0.05, 0) is 23.4 Å². The lowest BCUT2D eigenvalue weighted by Crippen LogP contribution is -2.14. The second kappa shape index (κ2) is 3.68. The molecule has 0 amide bonds. The Balaban J connectivity index is 2.82. The average molecular weight is 151 g/mol. The number of nitrogens with one attached hydrogen (secondary N) is 2. The lowest BCUT2D eigenvalue weighted by molar-refractivity contribution is 0.984. The molecule has 0 spiro atoms. The highest BCUT2D eigenvalue weighted by Crippen LogP contribution is 2.16. The zero-order valence-electron chi connectivity index (χ0n) is 6.16. The fourth-order valence-electron chi connectivity index (χ4n) is 0.785. The van der Waals surface area contributed by atoms with Crippen molar-refractivity contribution >= 4 is 11.4 Å². The van der Waals surface area contributed by atoms with E-state index in [4.69, 9.17) is 0 Å². The van der Waals surface area contributed by atoms with Gasteiger partial charge in [0.15, 0.2) is 0 Å². The molecule has 0 unspecified atom stereocenters. The van der Waals surface area contributed by atoms with Crippen LogP contribution in [0.2, 0.25) is 0 Å². The van der Waals surface area contributed by atoms with E-state index in [1.165, 1.54) is 0 Å². The van der Waals surface area contributed by atoms with Crippen LogP contribution in [-0.2, 0) is 0 Å². The summed E-state index contributed by atoms with van der Waals surface area (Å²) in [6, 6.07) is 6.90. The first-order valence-electron chi connectivity index (χ1n) is 3.23. The van der Waals surface area contributed by atoms with Crippen molar-refractivity contribution in [2.45, 2.75) is 0 Å². The Labute approximate surface area is 64.6 Å². The Morgan fingerprint density at radius 2 is 2.27 bits per heavy atom. The van der Waals surface area contributed by atoms with Crippen molar-refractivity contribution < 1.29 is 0 Å². The topological polar surface area (TPSA) is 53.5 Å². The molecule has 0 heterocycles.